The number of rotatable bonds is 8. The second kappa shape index (κ2) is 8.94. The summed E-state index contributed by atoms with van der Waals surface area (Å²) >= 11 is 0. The number of nitrogens with zero attached hydrogens (tertiary/aromatic N) is 1. The first-order chi connectivity index (χ1) is 13.2. The molecule has 0 aliphatic rings. The molecule has 0 radical (unpaired) electrons. The quantitative estimate of drug-likeness (QED) is 0.678. The fourth-order valence-corrected chi connectivity index (χ4v) is 4.11. The average Bonchev–Trinajstić information content (AvgIpc) is 2.66. The van der Waals surface area contributed by atoms with Crippen LogP contribution in [0.1, 0.15) is 24.2 Å². The molecule has 2 aromatic carbocycles. The summed E-state index contributed by atoms with van der Waals surface area (Å²) in [5.41, 5.74) is 0.789. The Hall–Kier alpha value is -2.78. The number of nitrogens with one attached hydrogen (secondary N) is 1. The molecule has 9 heteroatoms. The third-order valence-corrected chi connectivity index (χ3v) is 5.91. The van der Waals surface area contributed by atoms with Gasteiger partial charge >= 0.3 is 0 Å². The van der Waals surface area contributed by atoms with Crippen molar-refractivity contribution in [2.24, 2.45) is 0 Å². The number of hydrogen-bond acceptors (Lipinski definition) is 5. The molecule has 0 heterocycles. The SMILES string of the molecule is CCN(CC(=O)Nc1cccc(C(C)=O)c1)S(=O)(=O)c1cc(F)ccc1OC. The van der Waals surface area contributed by atoms with Crippen LogP contribution < -0.4 is 10.1 Å². The van der Waals surface area contributed by atoms with Crippen LogP contribution >= 0.6 is 0 Å². The van der Waals surface area contributed by atoms with Gasteiger partial charge in [-0.15, -0.1) is 0 Å². The molecular formula is C19H21FN2O5S. The van der Waals surface area contributed by atoms with Gasteiger partial charge in [0.05, 0.1) is 13.7 Å². The van der Waals surface area contributed by atoms with E-state index in [0.29, 0.717) is 11.3 Å². The van der Waals surface area contributed by atoms with E-state index >= 15 is 0 Å². The van der Waals surface area contributed by atoms with Gasteiger partial charge in [0.2, 0.25) is 15.9 Å². The Morgan fingerprint density at radius 1 is 1.18 bits per heavy atom. The highest BCUT2D eigenvalue weighted by molar-refractivity contribution is 7.89. The summed E-state index contributed by atoms with van der Waals surface area (Å²) in [6.45, 7) is 2.47. The summed E-state index contributed by atoms with van der Waals surface area (Å²) in [5.74, 6) is -1.51. The van der Waals surface area contributed by atoms with Crippen LogP contribution in [0.5, 0.6) is 5.75 Å². The van der Waals surface area contributed by atoms with E-state index in [2.05, 4.69) is 5.32 Å². The lowest BCUT2D eigenvalue weighted by atomic mass is 10.1. The van der Waals surface area contributed by atoms with Gasteiger partial charge in [-0.25, -0.2) is 12.8 Å². The summed E-state index contributed by atoms with van der Waals surface area (Å²) in [5, 5.41) is 2.56. The minimum atomic E-state index is -4.17. The summed E-state index contributed by atoms with van der Waals surface area (Å²) in [4.78, 5) is 23.4. The summed E-state index contributed by atoms with van der Waals surface area (Å²) in [6, 6.07) is 9.46. The van der Waals surface area contributed by atoms with E-state index in [4.69, 9.17) is 4.74 Å². The number of benzene rings is 2. The number of sulfonamides is 1. The number of halogens is 1. The molecule has 150 valence electrons. The lowest BCUT2D eigenvalue weighted by molar-refractivity contribution is -0.116. The highest BCUT2D eigenvalue weighted by atomic mass is 32.2. The van der Waals surface area contributed by atoms with Gasteiger partial charge in [-0.3, -0.25) is 9.59 Å². The topological polar surface area (TPSA) is 92.8 Å². The van der Waals surface area contributed by atoms with Crippen LogP contribution in [0.15, 0.2) is 47.4 Å². The van der Waals surface area contributed by atoms with Gasteiger partial charge in [-0.1, -0.05) is 19.1 Å². The zero-order chi connectivity index (χ0) is 20.9. The molecule has 1 N–H and O–H groups in total. The van der Waals surface area contributed by atoms with Gasteiger partial charge in [-0.05, 0) is 37.3 Å². The van der Waals surface area contributed by atoms with Gasteiger partial charge in [0.15, 0.2) is 5.78 Å². The molecule has 0 bridgehead atoms. The lowest BCUT2D eigenvalue weighted by Crippen LogP contribution is -2.38. The minimum absolute atomic E-state index is 0.0110. The van der Waals surface area contributed by atoms with E-state index in [1.165, 1.54) is 26.2 Å². The first-order valence-electron chi connectivity index (χ1n) is 8.43. The summed E-state index contributed by atoms with van der Waals surface area (Å²) < 4.78 is 45.3. The van der Waals surface area contributed by atoms with E-state index in [0.717, 1.165) is 16.4 Å². The van der Waals surface area contributed by atoms with Gasteiger partial charge in [0.1, 0.15) is 16.5 Å². The molecule has 0 saturated carbocycles. The molecule has 0 aliphatic carbocycles. The van der Waals surface area contributed by atoms with Crippen molar-refractivity contribution in [3.8, 4) is 5.75 Å². The molecule has 0 saturated heterocycles. The normalized spacial score (nSPS) is 11.3. The van der Waals surface area contributed by atoms with Crippen molar-refractivity contribution in [2.45, 2.75) is 18.7 Å². The first kappa shape index (κ1) is 21.5. The molecule has 0 atom stereocenters. The second-order valence-corrected chi connectivity index (χ2v) is 7.82. The predicted molar refractivity (Wildman–Crippen MR) is 102 cm³/mol. The number of ether oxygens (including phenoxy) is 1. The molecular weight excluding hydrogens is 387 g/mol. The van der Waals surface area contributed by atoms with Crippen LogP contribution in [0.25, 0.3) is 0 Å². The average molecular weight is 408 g/mol. The Kier molecular flexibility index (Phi) is 6.87. The van der Waals surface area contributed by atoms with E-state index in [9.17, 15) is 22.4 Å². The van der Waals surface area contributed by atoms with Crippen molar-refractivity contribution in [1.29, 1.82) is 0 Å². The van der Waals surface area contributed by atoms with E-state index in [1.54, 1.807) is 25.1 Å². The number of carbonyl (C=O) groups is 2. The zero-order valence-electron chi connectivity index (χ0n) is 15.7. The number of Topliss-reactive ketones (excluding diaryl/α,β-unsaturated/α-hetero) is 1. The fraction of sp³-hybridized carbons (Fsp3) is 0.263. The number of amides is 1. The number of carbonyl (C=O) groups excluding carboxylic acids is 2. The minimum Gasteiger partial charge on any atom is -0.495 e. The maximum Gasteiger partial charge on any atom is 0.247 e. The predicted octanol–water partition coefficient (Wildman–Crippen LogP) is 2.69. The van der Waals surface area contributed by atoms with Gasteiger partial charge in [0, 0.05) is 17.8 Å². The van der Waals surface area contributed by atoms with Crippen molar-refractivity contribution in [3.63, 3.8) is 0 Å². The van der Waals surface area contributed by atoms with E-state index in [1.807, 2.05) is 0 Å². The van der Waals surface area contributed by atoms with Crippen LogP contribution in [0.3, 0.4) is 0 Å². The van der Waals surface area contributed by atoms with Crippen molar-refractivity contribution in [3.05, 3.63) is 53.8 Å². The molecule has 28 heavy (non-hydrogen) atoms. The van der Waals surface area contributed by atoms with Crippen molar-refractivity contribution in [2.75, 3.05) is 25.5 Å². The Morgan fingerprint density at radius 2 is 1.89 bits per heavy atom. The zero-order valence-corrected chi connectivity index (χ0v) is 16.5. The van der Waals surface area contributed by atoms with Crippen molar-refractivity contribution in [1.82, 2.24) is 4.31 Å². The smallest absolute Gasteiger partial charge is 0.247 e. The number of anilines is 1. The Balaban J connectivity index is 2.23. The molecule has 0 unspecified atom stereocenters. The molecule has 0 aliphatic heterocycles. The van der Waals surface area contributed by atoms with E-state index in [-0.39, 0.29) is 23.0 Å². The Morgan fingerprint density at radius 3 is 2.50 bits per heavy atom. The van der Waals surface area contributed by atoms with Gasteiger partial charge < -0.3 is 10.1 Å². The Labute approximate surface area is 163 Å². The van der Waals surface area contributed by atoms with E-state index < -0.39 is 28.3 Å². The van der Waals surface area contributed by atoms with Crippen molar-refractivity contribution >= 4 is 27.4 Å². The lowest BCUT2D eigenvalue weighted by Gasteiger charge is -2.21. The second-order valence-electron chi connectivity index (χ2n) is 5.91. The van der Waals surface area contributed by atoms with Crippen LogP contribution in [0.4, 0.5) is 10.1 Å². The third-order valence-electron chi connectivity index (χ3n) is 3.97. The molecule has 2 rings (SSSR count). The molecule has 0 spiro atoms. The molecule has 2 aromatic rings. The Bertz CT molecular complexity index is 992. The van der Waals surface area contributed by atoms with Crippen molar-refractivity contribution < 1.29 is 27.1 Å². The molecule has 7 nitrogen and oxygen atoms in total. The maximum absolute atomic E-state index is 13.6. The maximum atomic E-state index is 13.6. The van der Waals surface area contributed by atoms with Crippen LogP contribution in [-0.2, 0) is 14.8 Å². The first-order valence-corrected chi connectivity index (χ1v) is 9.87. The summed E-state index contributed by atoms with van der Waals surface area (Å²) in [7, 11) is -2.90. The number of methoxy groups -OCH3 is 1. The summed E-state index contributed by atoms with van der Waals surface area (Å²) in [6.07, 6.45) is 0. The fourth-order valence-electron chi connectivity index (χ4n) is 2.53. The number of ketones is 1. The molecule has 0 aromatic heterocycles. The van der Waals surface area contributed by atoms with Crippen LogP contribution in [0.2, 0.25) is 0 Å². The van der Waals surface area contributed by atoms with Gasteiger partial charge in [-0.2, -0.15) is 4.31 Å². The molecule has 0 fully saturated rings. The highest BCUT2D eigenvalue weighted by Gasteiger charge is 2.29. The number of likely N-dealkylation sites (N-methyl/N-ethyl adjacent to an activating group) is 1. The third kappa shape index (κ3) is 4.93. The highest BCUT2D eigenvalue weighted by Crippen LogP contribution is 2.27. The molecule has 1 amide bonds. The number of hydrogen-bond donors (Lipinski definition) is 1. The van der Waals surface area contributed by atoms with Gasteiger partial charge in [0.25, 0.3) is 0 Å². The largest absolute Gasteiger partial charge is 0.495 e. The standard InChI is InChI=1S/C19H21FN2O5S/c1-4-22(28(25,26)18-11-15(20)8-9-17(18)27-3)12-19(24)21-16-7-5-6-14(10-16)13(2)23/h5-11H,4,12H2,1-3H3,(H,21,24). The van der Waals surface area contributed by atoms with Crippen LogP contribution in [-0.4, -0.2) is 44.6 Å². The van der Waals surface area contributed by atoms with Crippen LogP contribution in [0, 0.1) is 5.82 Å². The monoisotopic (exact) mass is 408 g/mol.